The lowest BCUT2D eigenvalue weighted by atomic mass is 10.1. The Bertz CT molecular complexity index is 799. The molecule has 1 aromatic heterocycles. The molecule has 2 rings (SSSR count). The Morgan fingerprint density at radius 3 is 2.77 bits per heavy atom. The highest BCUT2D eigenvalue weighted by atomic mass is 33.1. The predicted molar refractivity (Wildman–Crippen MR) is 106 cm³/mol. The van der Waals surface area contributed by atoms with Crippen molar-refractivity contribution in [2.75, 3.05) is 18.1 Å². The number of aromatic nitrogens is 1. The number of nitrogens with one attached hydrogen (secondary N) is 1. The van der Waals surface area contributed by atoms with Gasteiger partial charge in [-0.1, -0.05) is 39.8 Å². The molecule has 26 heavy (non-hydrogen) atoms. The number of carbonyl (C=O) groups is 2. The van der Waals surface area contributed by atoms with E-state index in [1.807, 2.05) is 35.0 Å². The molecule has 1 heterocycles. The number of fused-ring (bicyclic) bond motifs is 1. The SMILES string of the molecule is N#CCCCn1cc(C(=O)NCCSSCCC(=O)O)c2ccccc21. The topological polar surface area (TPSA) is 95.1 Å². The number of carboxylic acids is 1. The molecule has 2 aromatic rings. The normalized spacial score (nSPS) is 10.6. The molecule has 0 radical (unpaired) electrons. The lowest BCUT2D eigenvalue weighted by Gasteiger charge is -2.04. The fourth-order valence-corrected chi connectivity index (χ4v) is 4.38. The van der Waals surface area contributed by atoms with Crippen molar-refractivity contribution in [1.82, 2.24) is 9.88 Å². The first-order chi connectivity index (χ1) is 12.6. The minimum atomic E-state index is -0.794. The zero-order valence-electron chi connectivity index (χ0n) is 14.3. The lowest BCUT2D eigenvalue weighted by molar-refractivity contribution is -0.136. The van der Waals surface area contributed by atoms with Gasteiger partial charge in [0.15, 0.2) is 0 Å². The molecule has 0 bridgehead atoms. The molecular weight excluding hydrogens is 370 g/mol. The van der Waals surface area contributed by atoms with E-state index in [1.165, 1.54) is 10.8 Å². The van der Waals surface area contributed by atoms with Crippen molar-refractivity contribution in [1.29, 1.82) is 5.26 Å². The van der Waals surface area contributed by atoms with Crippen molar-refractivity contribution < 1.29 is 14.7 Å². The zero-order valence-corrected chi connectivity index (χ0v) is 15.9. The monoisotopic (exact) mass is 391 g/mol. The van der Waals surface area contributed by atoms with E-state index in [0.717, 1.165) is 23.1 Å². The van der Waals surface area contributed by atoms with Gasteiger partial charge < -0.3 is 15.0 Å². The molecule has 138 valence electrons. The van der Waals surface area contributed by atoms with Crippen LogP contribution in [0.15, 0.2) is 30.5 Å². The van der Waals surface area contributed by atoms with Gasteiger partial charge >= 0.3 is 5.97 Å². The number of benzene rings is 1. The van der Waals surface area contributed by atoms with Gasteiger partial charge in [0.1, 0.15) is 0 Å². The number of unbranched alkanes of at least 4 members (excludes halogenated alkanes) is 1. The van der Waals surface area contributed by atoms with E-state index >= 15 is 0 Å². The van der Waals surface area contributed by atoms with E-state index < -0.39 is 5.97 Å². The van der Waals surface area contributed by atoms with Crippen LogP contribution < -0.4 is 5.32 Å². The number of hydrogen-bond acceptors (Lipinski definition) is 5. The highest BCUT2D eigenvalue weighted by Gasteiger charge is 2.14. The molecular formula is C18H21N3O3S2. The maximum absolute atomic E-state index is 12.5. The number of rotatable bonds is 11. The van der Waals surface area contributed by atoms with Crippen molar-refractivity contribution in [2.24, 2.45) is 0 Å². The summed E-state index contributed by atoms with van der Waals surface area (Å²) >= 11 is 0. The van der Waals surface area contributed by atoms with Crippen LogP contribution in [0.2, 0.25) is 0 Å². The second-order valence-corrected chi connectivity index (χ2v) is 8.26. The third kappa shape index (κ3) is 6.00. The molecule has 0 saturated heterocycles. The summed E-state index contributed by atoms with van der Waals surface area (Å²) in [6.07, 6.45) is 3.24. The number of carbonyl (C=O) groups excluding carboxylic acids is 1. The van der Waals surface area contributed by atoms with E-state index in [1.54, 1.807) is 10.8 Å². The molecule has 6 nitrogen and oxygen atoms in total. The molecule has 2 N–H and O–H groups in total. The van der Waals surface area contributed by atoms with Gasteiger partial charge in [0, 0.05) is 48.1 Å². The number of aryl methyl sites for hydroxylation is 1. The van der Waals surface area contributed by atoms with Gasteiger partial charge in [-0.3, -0.25) is 9.59 Å². The van der Waals surface area contributed by atoms with Gasteiger partial charge in [0.05, 0.1) is 18.1 Å². The molecule has 0 aliphatic heterocycles. The third-order valence-electron chi connectivity index (χ3n) is 3.67. The molecule has 8 heteroatoms. The summed E-state index contributed by atoms with van der Waals surface area (Å²) in [5.41, 5.74) is 1.63. The molecule has 0 aliphatic carbocycles. The fourth-order valence-electron chi connectivity index (χ4n) is 2.49. The number of aliphatic carboxylic acids is 1. The van der Waals surface area contributed by atoms with E-state index in [-0.39, 0.29) is 12.3 Å². The quantitative estimate of drug-likeness (QED) is 0.449. The third-order valence-corrected chi connectivity index (χ3v) is 6.08. The van der Waals surface area contributed by atoms with Gasteiger partial charge in [-0.15, -0.1) is 0 Å². The molecule has 0 unspecified atom stereocenters. The number of carboxylic acid groups (broad SMARTS) is 1. The Hall–Kier alpha value is -2.11. The van der Waals surface area contributed by atoms with E-state index in [2.05, 4.69) is 11.4 Å². The van der Waals surface area contributed by atoms with E-state index in [0.29, 0.717) is 30.8 Å². The number of amides is 1. The first kappa shape index (κ1) is 20.2. The van der Waals surface area contributed by atoms with Gasteiger partial charge in [0.2, 0.25) is 0 Å². The fraction of sp³-hybridized carbons (Fsp3) is 0.389. The van der Waals surface area contributed by atoms with Crippen molar-refractivity contribution in [3.8, 4) is 6.07 Å². The molecule has 0 atom stereocenters. The molecule has 1 aromatic carbocycles. The van der Waals surface area contributed by atoms with Crippen molar-refractivity contribution >= 4 is 44.4 Å². The first-order valence-corrected chi connectivity index (χ1v) is 10.8. The summed E-state index contributed by atoms with van der Waals surface area (Å²) < 4.78 is 2.03. The summed E-state index contributed by atoms with van der Waals surface area (Å²) in [5, 5.41) is 21.1. The van der Waals surface area contributed by atoms with Gasteiger partial charge in [0.25, 0.3) is 5.91 Å². The van der Waals surface area contributed by atoms with Crippen LogP contribution in [0, 0.1) is 11.3 Å². The van der Waals surface area contributed by atoms with Crippen molar-refractivity contribution in [3.63, 3.8) is 0 Å². The van der Waals surface area contributed by atoms with Crippen LogP contribution >= 0.6 is 21.6 Å². The van der Waals surface area contributed by atoms with Crippen LogP contribution in [0.1, 0.15) is 29.6 Å². The Balaban J connectivity index is 1.89. The minimum Gasteiger partial charge on any atom is -0.481 e. The van der Waals surface area contributed by atoms with E-state index in [4.69, 9.17) is 10.4 Å². The maximum Gasteiger partial charge on any atom is 0.304 e. The highest BCUT2D eigenvalue weighted by Crippen LogP contribution is 2.23. The summed E-state index contributed by atoms with van der Waals surface area (Å²) in [6.45, 7) is 1.23. The van der Waals surface area contributed by atoms with Crippen LogP contribution in [-0.2, 0) is 11.3 Å². The largest absolute Gasteiger partial charge is 0.481 e. The van der Waals surface area contributed by atoms with Crippen LogP contribution in [0.3, 0.4) is 0 Å². The molecule has 0 aliphatic rings. The van der Waals surface area contributed by atoms with Crippen LogP contribution in [0.5, 0.6) is 0 Å². The predicted octanol–water partition coefficient (Wildman–Crippen LogP) is 3.53. The second kappa shape index (κ2) is 10.8. The lowest BCUT2D eigenvalue weighted by Crippen LogP contribution is -2.25. The average molecular weight is 392 g/mol. The van der Waals surface area contributed by atoms with Crippen LogP contribution in [0.4, 0.5) is 0 Å². The summed E-state index contributed by atoms with van der Waals surface area (Å²) in [6, 6.07) is 9.90. The molecule has 0 fully saturated rings. The summed E-state index contributed by atoms with van der Waals surface area (Å²) in [4.78, 5) is 22.9. The highest BCUT2D eigenvalue weighted by molar-refractivity contribution is 8.76. The minimum absolute atomic E-state index is 0.114. The molecule has 1 amide bonds. The van der Waals surface area contributed by atoms with E-state index in [9.17, 15) is 9.59 Å². The van der Waals surface area contributed by atoms with Crippen molar-refractivity contribution in [3.05, 3.63) is 36.0 Å². The smallest absolute Gasteiger partial charge is 0.304 e. The number of hydrogen-bond donors (Lipinski definition) is 2. The Morgan fingerprint density at radius 1 is 1.23 bits per heavy atom. The number of nitriles is 1. The number of nitrogens with zero attached hydrogens (tertiary/aromatic N) is 2. The average Bonchev–Trinajstić information content (AvgIpc) is 3.00. The molecule has 0 spiro atoms. The standard InChI is InChI=1S/C18H21N3O3S2/c19-8-3-4-10-21-13-15(14-5-1-2-6-16(14)21)18(24)20-9-12-26-25-11-7-17(22)23/h1-2,5-6,13H,3-4,7,9-12H2,(H,20,24)(H,22,23). The maximum atomic E-state index is 12.5. The molecule has 0 saturated carbocycles. The Labute approximate surface area is 160 Å². The second-order valence-electron chi connectivity index (χ2n) is 5.56. The summed E-state index contributed by atoms with van der Waals surface area (Å²) in [5.74, 6) is 0.370. The Morgan fingerprint density at radius 2 is 2.00 bits per heavy atom. The number of para-hydroxylation sites is 1. The summed E-state index contributed by atoms with van der Waals surface area (Å²) in [7, 11) is 3.06. The van der Waals surface area contributed by atoms with Gasteiger partial charge in [-0.25, -0.2) is 0 Å². The van der Waals surface area contributed by atoms with Crippen LogP contribution in [0.25, 0.3) is 10.9 Å². The first-order valence-electron chi connectivity index (χ1n) is 8.32. The van der Waals surface area contributed by atoms with Crippen molar-refractivity contribution in [2.45, 2.75) is 25.8 Å². The Kier molecular flexibility index (Phi) is 8.38. The van der Waals surface area contributed by atoms with Crippen LogP contribution in [-0.4, -0.2) is 39.6 Å². The zero-order chi connectivity index (χ0) is 18.8. The van der Waals surface area contributed by atoms with Gasteiger partial charge in [-0.05, 0) is 12.5 Å². The van der Waals surface area contributed by atoms with Gasteiger partial charge in [-0.2, -0.15) is 5.26 Å².